The van der Waals surface area contributed by atoms with Gasteiger partial charge >= 0.3 is 5.97 Å². The van der Waals surface area contributed by atoms with E-state index in [9.17, 15) is 4.79 Å². The van der Waals surface area contributed by atoms with Gasteiger partial charge in [-0.25, -0.2) is 0 Å². The van der Waals surface area contributed by atoms with E-state index in [-0.39, 0.29) is 16.8 Å². The molecule has 1 rings (SSSR count). The van der Waals surface area contributed by atoms with Crippen molar-refractivity contribution < 1.29 is 9.53 Å². The largest absolute Gasteiger partial charge is 0.447 e. The molecule has 0 spiro atoms. The summed E-state index contributed by atoms with van der Waals surface area (Å²) < 4.78 is 5.61. The molecule has 1 aliphatic rings. The lowest BCUT2D eigenvalue weighted by Gasteiger charge is -2.28. The van der Waals surface area contributed by atoms with Gasteiger partial charge in [0.25, 0.3) is 0 Å². The van der Waals surface area contributed by atoms with Gasteiger partial charge < -0.3 is 4.74 Å². The molecule has 0 N–H and O–H groups in total. The predicted octanol–water partition coefficient (Wildman–Crippen LogP) is 3.16. The van der Waals surface area contributed by atoms with E-state index in [0.717, 1.165) is 17.9 Å². The monoisotopic (exact) mass is 248 g/mol. The molecule has 1 saturated heterocycles. The van der Waals surface area contributed by atoms with Gasteiger partial charge in [-0.15, -0.1) is 11.8 Å². The Bertz CT molecular complexity index is 211. The molecule has 1 aliphatic heterocycles. The third kappa shape index (κ3) is 4.27. The van der Waals surface area contributed by atoms with Gasteiger partial charge in [0.2, 0.25) is 0 Å². The first kappa shape index (κ1) is 13.2. The zero-order valence-corrected chi connectivity index (χ0v) is 11.4. The van der Waals surface area contributed by atoms with Crippen molar-refractivity contribution in [1.29, 1.82) is 0 Å². The van der Waals surface area contributed by atoms with Crippen molar-refractivity contribution in [3.05, 3.63) is 0 Å². The molecule has 0 aromatic rings. The summed E-state index contributed by atoms with van der Waals surface area (Å²) in [6.45, 7) is 5.99. The second kappa shape index (κ2) is 6.04. The molecule has 0 amide bonds. The van der Waals surface area contributed by atoms with Gasteiger partial charge in [0, 0.05) is 5.75 Å². The van der Waals surface area contributed by atoms with Crippen LogP contribution in [0.3, 0.4) is 0 Å². The van der Waals surface area contributed by atoms with E-state index in [1.807, 2.05) is 32.5 Å². The van der Waals surface area contributed by atoms with Gasteiger partial charge in [0.05, 0.1) is 5.92 Å². The molecule has 0 aromatic carbocycles. The van der Waals surface area contributed by atoms with Gasteiger partial charge in [-0.3, -0.25) is 4.79 Å². The average molecular weight is 248 g/mol. The summed E-state index contributed by atoms with van der Waals surface area (Å²) >= 11 is 3.66. The van der Waals surface area contributed by atoms with Crippen molar-refractivity contribution in [2.75, 3.05) is 17.3 Å². The van der Waals surface area contributed by atoms with Crippen molar-refractivity contribution in [2.24, 2.45) is 5.92 Å². The fourth-order valence-corrected chi connectivity index (χ4v) is 3.84. The van der Waals surface area contributed by atoms with Crippen molar-refractivity contribution >= 4 is 29.5 Å². The highest BCUT2D eigenvalue weighted by Crippen LogP contribution is 2.35. The molecule has 0 aromatic heterocycles. The lowest BCUT2D eigenvalue weighted by atomic mass is 10.1. The summed E-state index contributed by atoms with van der Waals surface area (Å²) in [5.41, 5.74) is 0. The van der Waals surface area contributed by atoms with Gasteiger partial charge in [0.15, 0.2) is 4.93 Å². The minimum Gasteiger partial charge on any atom is -0.447 e. The van der Waals surface area contributed by atoms with Crippen LogP contribution < -0.4 is 0 Å². The van der Waals surface area contributed by atoms with Gasteiger partial charge in [-0.2, -0.15) is 11.8 Å². The van der Waals surface area contributed by atoms with Crippen molar-refractivity contribution in [1.82, 2.24) is 0 Å². The number of esters is 1. The van der Waals surface area contributed by atoms with Crippen LogP contribution in [0.25, 0.3) is 0 Å². The van der Waals surface area contributed by atoms with Gasteiger partial charge in [-0.05, 0) is 31.3 Å². The number of carbonyl (C=O) groups is 1. The molecule has 1 fully saturated rings. The number of thioether (sulfide) groups is 2. The molecular formula is C11H20O2S2. The first-order valence-electron chi connectivity index (χ1n) is 5.52. The zero-order chi connectivity index (χ0) is 11.3. The summed E-state index contributed by atoms with van der Waals surface area (Å²) in [5, 5.41) is 0. The summed E-state index contributed by atoms with van der Waals surface area (Å²) in [5.74, 6) is 3.17. The minimum absolute atomic E-state index is 0.0238. The highest BCUT2D eigenvalue weighted by Gasteiger charge is 2.32. The number of ether oxygens (including phenoxy) is 1. The molecule has 0 bridgehead atoms. The Balaban J connectivity index is 2.49. The number of carbonyl (C=O) groups excluding carboxylic acids is 1. The van der Waals surface area contributed by atoms with Crippen LogP contribution in [0.4, 0.5) is 0 Å². The van der Waals surface area contributed by atoms with Crippen LogP contribution in [-0.4, -0.2) is 28.2 Å². The van der Waals surface area contributed by atoms with Crippen LogP contribution in [0.2, 0.25) is 0 Å². The first-order chi connectivity index (χ1) is 7.07. The summed E-state index contributed by atoms with van der Waals surface area (Å²) in [4.78, 5) is 11.4. The zero-order valence-electron chi connectivity index (χ0n) is 9.75. The van der Waals surface area contributed by atoms with E-state index < -0.39 is 0 Å². The Morgan fingerprint density at radius 2 is 2.27 bits per heavy atom. The second-order valence-corrected chi connectivity index (χ2v) is 6.78. The number of rotatable bonds is 3. The topological polar surface area (TPSA) is 26.3 Å². The highest BCUT2D eigenvalue weighted by molar-refractivity contribution is 8.04. The smallest absolute Gasteiger partial charge is 0.310 e. The van der Waals surface area contributed by atoms with E-state index >= 15 is 0 Å². The van der Waals surface area contributed by atoms with Crippen LogP contribution in [0.15, 0.2) is 0 Å². The van der Waals surface area contributed by atoms with E-state index in [0.29, 0.717) is 0 Å². The van der Waals surface area contributed by atoms with Crippen molar-refractivity contribution in [3.8, 4) is 0 Å². The third-order valence-corrected chi connectivity index (χ3v) is 5.38. The minimum atomic E-state index is -0.304. The lowest BCUT2D eigenvalue weighted by Crippen LogP contribution is -2.32. The molecule has 88 valence electrons. The van der Waals surface area contributed by atoms with E-state index in [2.05, 4.69) is 0 Å². The SMILES string of the molecule is CCC(C)C(=O)OC1(C)CSCCCS1. The Morgan fingerprint density at radius 1 is 1.53 bits per heavy atom. The average Bonchev–Trinajstić information content (AvgIpc) is 2.41. The fourth-order valence-electron chi connectivity index (χ4n) is 1.29. The predicted molar refractivity (Wildman–Crippen MR) is 68.4 cm³/mol. The molecule has 0 radical (unpaired) electrons. The lowest BCUT2D eigenvalue weighted by molar-refractivity contribution is -0.153. The van der Waals surface area contributed by atoms with Crippen LogP contribution >= 0.6 is 23.5 Å². The van der Waals surface area contributed by atoms with Gasteiger partial charge in [-0.1, -0.05) is 13.8 Å². The summed E-state index contributed by atoms with van der Waals surface area (Å²) in [7, 11) is 0. The highest BCUT2D eigenvalue weighted by atomic mass is 32.2. The number of hydrogen-bond acceptors (Lipinski definition) is 4. The Kier molecular flexibility index (Phi) is 5.33. The maximum atomic E-state index is 11.7. The molecule has 4 heteroatoms. The molecule has 2 atom stereocenters. The quantitative estimate of drug-likeness (QED) is 0.717. The molecule has 0 aliphatic carbocycles. The molecule has 1 heterocycles. The summed E-state index contributed by atoms with van der Waals surface area (Å²) in [6.07, 6.45) is 2.07. The van der Waals surface area contributed by atoms with Crippen molar-refractivity contribution in [2.45, 2.75) is 38.5 Å². The summed E-state index contributed by atoms with van der Waals surface area (Å²) in [6, 6.07) is 0. The molecule has 2 unspecified atom stereocenters. The van der Waals surface area contributed by atoms with Gasteiger partial charge in [0.1, 0.15) is 0 Å². The van der Waals surface area contributed by atoms with E-state index in [1.165, 1.54) is 12.2 Å². The molecule has 0 saturated carbocycles. The second-order valence-electron chi connectivity index (χ2n) is 4.12. The maximum Gasteiger partial charge on any atom is 0.310 e. The Hall–Kier alpha value is 0.170. The molecule has 2 nitrogen and oxygen atoms in total. The first-order valence-corrected chi connectivity index (χ1v) is 7.66. The molecular weight excluding hydrogens is 228 g/mol. The van der Waals surface area contributed by atoms with Crippen LogP contribution in [0, 0.1) is 5.92 Å². The molecule has 15 heavy (non-hydrogen) atoms. The maximum absolute atomic E-state index is 11.7. The van der Waals surface area contributed by atoms with Crippen LogP contribution in [0.5, 0.6) is 0 Å². The van der Waals surface area contributed by atoms with Crippen LogP contribution in [-0.2, 0) is 9.53 Å². The Morgan fingerprint density at radius 3 is 2.93 bits per heavy atom. The standard InChI is InChI=1S/C11H20O2S2/c1-4-9(2)10(12)13-11(3)8-14-6-5-7-15-11/h9H,4-8H2,1-3H3. The fraction of sp³-hybridized carbons (Fsp3) is 0.909. The normalized spacial score (nSPS) is 29.3. The van der Waals surface area contributed by atoms with E-state index in [4.69, 9.17) is 4.74 Å². The van der Waals surface area contributed by atoms with Crippen molar-refractivity contribution in [3.63, 3.8) is 0 Å². The van der Waals surface area contributed by atoms with E-state index in [1.54, 1.807) is 11.8 Å². The number of hydrogen-bond donors (Lipinski definition) is 0. The third-order valence-electron chi connectivity index (χ3n) is 2.54. The van der Waals surface area contributed by atoms with Crippen LogP contribution in [0.1, 0.15) is 33.6 Å². The Labute approximate surface area is 101 Å².